The van der Waals surface area contributed by atoms with Gasteiger partial charge in [0.1, 0.15) is 0 Å². The Kier molecular flexibility index (Phi) is 2.61. The van der Waals surface area contributed by atoms with Gasteiger partial charge in [-0.05, 0) is 0 Å². The van der Waals surface area contributed by atoms with Gasteiger partial charge < -0.3 is 0 Å². The molecule has 2 nitrogen and oxygen atoms in total. The van der Waals surface area contributed by atoms with Crippen LogP contribution in [0.4, 0.5) is 30.7 Å². The van der Waals surface area contributed by atoms with Crippen molar-refractivity contribution in [1.29, 1.82) is 0 Å². The third kappa shape index (κ3) is 1.37. The molecule has 0 N–H and O–H groups in total. The molecule has 0 aromatic rings. The Morgan fingerprint density at radius 1 is 1.06 bits per heavy atom. The third-order valence-electron chi connectivity index (χ3n) is 1.78. The second kappa shape index (κ2) is 3.06. The highest BCUT2D eigenvalue weighted by Crippen LogP contribution is 2.59. The summed E-state index contributed by atoms with van der Waals surface area (Å²) in [7, 11) is 0. The third-order valence-corrected chi connectivity index (χ3v) is 2.78. The van der Waals surface area contributed by atoms with Crippen LogP contribution in [0.2, 0.25) is 0 Å². The standard InChI is InChI=1S/C5Cl2F7NO/c6-2(8)1(16)15(5(12,13)14)4(10,11)3(2,7)9. The smallest absolute Gasteiger partial charge is 0.269 e. The number of rotatable bonds is 0. The molecular weight excluding hydrogens is 294 g/mol. The summed E-state index contributed by atoms with van der Waals surface area (Å²) in [6, 6.07) is -5.65. The van der Waals surface area contributed by atoms with Crippen LogP contribution in [0.25, 0.3) is 0 Å². The number of halogens is 9. The molecule has 0 aromatic carbocycles. The Bertz CT molecular complexity index is 338. The number of alkyl halides is 9. The van der Waals surface area contributed by atoms with Crippen molar-refractivity contribution in [2.45, 2.75) is 22.6 Å². The molecule has 0 aromatic heterocycles. The van der Waals surface area contributed by atoms with E-state index in [4.69, 9.17) is 0 Å². The van der Waals surface area contributed by atoms with Crippen LogP contribution in [0, 0.1) is 0 Å². The molecule has 0 spiro atoms. The Labute approximate surface area is 92.9 Å². The summed E-state index contributed by atoms with van der Waals surface area (Å²) in [6.07, 6.45) is -6.02. The number of hydrogen-bond acceptors (Lipinski definition) is 1. The lowest BCUT2D eigenvalue weighted by Gasteiger charge is -2.28. The van der Waals surface area contributed by atoms with Crippen molar-refractivity contribution in [2.24, 2.45) is 0 Å². The monoisotopic (exact) mass is 293 g/mol. The Morgan fingerprint density at radius 2 is 1.44 bits per heavy atom. The van der Waals surface area contributed by atoms with Crippen molar-refractivity contribution in [3.63, 3.8) is 0 Å². The van der Waals surface area contributed by atoms with E-state index in [0.29, 0.717) is 0 Å². The summed E-state index contributed by atoms with van der Waals surface area (Å²) in [5.41, 5.74) is 0. The summed E-state index contributed by atoms with van der Waals surface area (Å²) in [5.74, 6) is -3.01. The lowest BCUT2D eigenvalue weighted by atomic mass is 10.2. The average molecular weight is 294 g/mol. The van der Waals surface area contributed by atoms with Gasteiger partial charge in [0.25, 0.3) is 5.91 Å². The number of nitrogens with zero attached hydrogens (tertiary/aromatic N) is 1. The molecule has 16 heavy (non-hydrogen) atoms. The second-order valence-electron chi connectivity index (χ2n) is 2.80. The van der Waals surface area contributed by atoms with E-state index in [9.17, 15) is 35.5 Å². The van der Waals surface area contributed by atoms with Gasteiger partial charge in [-0.15, -0.1) is 13.2 Å². The van der Waals surface area contributed by atoms with Gasteiger partial charge in [0.15, 0.2) is 0 Å². The largest absolute Gasteiger partial charge is 0.492 e. The van der Waals surface area contributed by atoms with Gasteiger partial charge >= 0.3 is 22.6 Å². The maximum absolute atomic E-state index is 12.9. The number of hydrogen-bond donors (Lipinski definition) is 0. The molecule has 1 amide bonds. The molecule has 0 saturated carbocycles. The van der Waals surface area contributed by atoms with Crippen molar-refractivity contribution >= 4 is 29.1 Å². The van der Waals surface area contributed by atoms with Crippen LogP contribution in [-0.4, -0.2) is 33.4 Å². The van der Waals surface area contributed by atoms with Crippen LogP contribution in [0.1, 0.15) is 0 Å². The van der Waals surface area contributed by atoms with E-state index in [1.54, 1.807) is 0 Å². The van der Waals surface area contributed by atoms with Gasteiger partial charge in [0, 0.05) is 0 Å². The van der Waals surface area contributed by atoms with Crippen molar-refractivity contribution in [1.82, 2.24) is 4.90 Å². The van der Waals surface area contributed by atoms with Crippen molar-refractivity contribution in [3.8, 4) is 0 Å². The van der Waals surface area contributed by atoms with Gasteiger partial charge in [0.05, 0.1) is 0 Å². The second-order valence-corrected chi connectivity index (χ2v) is 3.84. The van der Waals surface area contributed by atoms with Crippen LogP contribution in [0.5, 0.6) is 0 Å². The van der Waals surface area contributed by atoms with E-state index in [1.165, 1.54) is 0 Å². The van der Waals surface area contributed by atoms with Gasteiger partial charge in [-0.25, -0.2) is 8.78 Å². The summed E-state index contributed by atoms with van der Waals surface area (Å²) in [5, 5.41) is -9.72. The van der Waals surface area contributed by atoms with E-state index in [1.807, 2.05) is 0 Å². The topological polar surface area (TPSA) is 20.3 Å². The lowest BCUT2D eigenvalue weighted by molar-refractivity contribution is -0.319. The highest BCUT2D eigenvalue weighted by molar-refractivity contribution is 6.42. The fraction of sp³-hybridized carbons (Fsp3) is 0.800. The highest BCUT2D eigenvalue weighted by atomic mass is 35.5. The Morgan fingerprint density at radius 3 is 1.56 bits per heavy atom. The first-order chi connectivity index (χ1) is 6.78. The Hall–Kier alpha value is -0.440. The molecule has 1 rings (SSSR count). The normalized spacial score (nSPS) is 39.3. The lowest BCUT2D eigenvalue weighted by Crippen LogP contribution is -2.53. The SMILES string of the molecule is O=C1N(C(F)(F)F)C(F)(F)C(F)(Cl)C1(F)Cl. The van der Waals surface area contributed by atoms with Crippen LogP contribution in [0.15, 0.2) is 0 Å². The van der Waals surface area contributed by atoms with E-state index in [0.717, 1.165) is 0 Å². The molecule has 11 heteroatoms. The van der Waals surface area contributed by atoms with Gasteiger partial charge in [-0.1, -0.05) is 23.2 Å². The minimum Gasteiger partial charge on any atom is -0.269 e. The number of carbonyl (C=O) groups is 1. The van der Waals surface area contributed by atoms with Crippen LogP contribution < -0.4 is 0 Å². The van der Waals surface area contributed by atoms with Crippen molar-refractivity contribution < 1.29 is 35.5 Å². The van der Waals surface area contributed by atoms with Crippen LogP contribution in [0.3, 0.4) is 0 Å². The molecule has 0 aliphatic carbocycles. The van der Waals surface area contributed by atoms with E-state index in [-0.39, 0.29) is 0 Å². The first-order valence-electron chi connectivity index (χ1n) is 3.33. The molecule has 1 fully saturated rings. The molecule has 94 valence electrons. The van der Waals surface area contributed by atoms with Crippen LogP contribution >= 0.6 is 23.2 Å². The summed E-state index contributed by atoms with van der Waals surface area (Å²) < 4.78 is 87.4. The summed E-state index contributed by atoms with van der Waals surface area (Å²) in [6.45, 7) is 0. The Balaban J connectivity index is 3.42. The van der Waals surface area contributed by atoms with Gasteiger partial charge in [-0.2, -0.15) is 13.7 Å². The zero-order valence-corrected chi connectivity index (χ0v) is 8.27. The van der Waals surface area contributed by atoms with Gasteiger partial charge in [0.2, 0.25) is 0 Å². The predicted octanol–water partition coefficient (Wildman–Crippen LogP) is 2.75. The molecule has 1 aliphatic rings. The first kappa shape index (κ1) is 13.6. The average Bonchev–Trinajstić information content (AvgIpc) is 2.06. The molecule has 2 atom stereocenters. The fourth-order valence-corrected chi connectivity index (χ4v) is 1.37. The first-order valence-corrected chi connectivity index (χ1v) is 4.08. The maximum Gasteiger partial charge on any atom is 0.492 e. The number of amides is 1. The number of likely N-dealkylation sites (tertiary alicyclic amines) is 1. The molecule has 1 heterocycles. The highest BCUT2D eigenvalue weighted by Gasteiger charge is 2.85. The fourth-order valence-electron chi connectivity index (χ4n) is 1.01. The molecule has 1 aliphatic heterocycles. The molecule has 1 saturated heterocycles. The molecule has 0 bridgehead atoms. The maximum atomic E-state index is 12.9. The van der Waals surface area contributed by atoms with Crippen molar-refractivity contribution in [2.75, 3.05) is 0 Å². The van der Waals surface area contributed by atoms with Crippen LogP contribution in [-0.2, 0) is 4.79 Å². The minimum atomic E-state index is -6.02. The molecule has 0 radical (unpaired) electrons. The van der Waals surface area contributed by atoms with Crippen molar-refractivity contribution in [3.05, 3.63) is 0 Å². The quantitative estimate of drug-likeness (QED) is 0.382. The summed E-state index contributed by atoms with van der Waals surface area (Å²) >= 11 is 8.61. The minimum absolute atomic E-state index is 2.28. The van der Waals surface area contributed by atoms with E-state index in [2.05, 4.69) is 23.2 Å². The van der Waals surface area contributed by atoms with Gasteiger partial charge in [-0.3, -0.25) is 4.79 Å². The van der Waals surface area contributed by atoms with E-state index >= 15 is 0 Å². The zero-order chi connectivity index (χ0) is 13.2. The molecule has 2 unspecified atom stereocenters. The zero-order valence-electron chi connectivity index (χ0n) is 6.76. The number of carbonyl (C=O) groups excluding carboxylic acids is 1. The predicted molar refractivity (Wildman–Crippen MR) is 37.2 cm³/mol. The van der Waals surface area contributed by atoms with E-state index < -0.39 is 33.4 Å². The summed E-state index contributed by atoms with van der Waals surface area (Å²) in [4.78, 5) is 8.32. The molecular formula is C5Cl2F7NO.